The van der Waals surface area contributed by atoms with Crippen molar-refractivity contribution in [3.8, 4) is 0 Å². The van der Waals surface area contributed by atoms with Crippen LogP contribution >= 0.6 is 0 Å². The number of piperazine rings is 1. The van der Waals surface area contributed by atoms with E-state index in [4.69, 9.17) is 0 Å². The van der Waals surface area contributed by atoms with Crippen molar-refractivity contribution in [1.82, 2.24) is 15.1 Å². The summed E-state index contributed by atoms with van der Waals surface area (Å²) in [7, 11) is 0. The topological polar surface area (TPSA) is 52.7 Å². The second-order valence-corrected chi connectivity index (χ2v) is 5.83. The summed E-state index contributed by atoms with van der Waals surface area (Å²) in [6, 6.07) is 0.752. The zero-order valence-electron chi connectivity index (χ0n) is 12.0. The van der Waals surface area contributed by atoms with Gasteiger partial charge in [-0.1, -0.05) is 13.8 Å². The Kier molecular flexibility index (Phi) is 4.80. The number of carbonyl (C=O) groups excluding carboxylic acids is 2. The highest BCUT2D eigenvalue weighted by atomic mass is 16.2. The Balaban J connectivity index is 1.71. The summed E-state index contributed by atoms with van der Waals surface area (Å²) in [5.41, 5.74) is 0. The molecule has 0 spiro atoms. The number of hydrogen-bond acceptors (Lipinski definition) is 3. The largest absolute Gasteiger partial charge is 0.339 e. The van der Waals surface area contributed by atoms with E-state index in [9.17, 15) is 9.59 Å². The normalized spacial score (nSPS) is 23.1. The molecule has 0 aromatic rings. The fourth-order valence-corrected chi connectivity index (χ4v) is 2.88. The predicted octanol–water partition coefficient (Wildman–Crippen LogP) is 0.598. The van der Waals surface area contributed by atoms with Crippen molar-refractivity contribution in [2.75, 3.05) is 26.2 Å². The van der Waals surface area contributed by atoms with Crippen LogP contribution in [0.15, 0.2) is 0 Å². The predicted molar refractivity (Wildman–Crippen MR) is 73.7 cm³/mol. The van der Waals surface area contributed by atoms with Gasteiger partial charge in [-0.2, -0.15) is 0 Å². The lowest BCUT2D eigenvalue weighted by Gasteiger charge is -2.37. The van der Waals surface area contributed by atoms with Crippen molar-refractivity contribution in [2.45, 2.75) is 51.6 Å². The Morgan fingerprint density at radius 1 is 1.42 bits per heavy atom. The summed E-state index contributed by atoms with van der Waals surface area (Å²) in [4.78, 5) is 27.6. The second-order valence-electron chi connectivity index (χ2n) is 5.83. The quantitative estimate of drug-likeness (QED) is 0.742. The molecular weight excluding hydrogens is 242 g/mol. The molecule has 2 aliphatic rings. The molecule has 108 valence electrons. The van der Waals surface area contributed by atoms with Gasteiger partial charge >= 0.3 is 0 Å². The summed E-state index contributed by atoms with van der Waals surface area (Å²) in [5.74, 6) is 0.503. The van der Waals surface area contributed by atoms with Crippen LogP contribution in [0.5, 0.6) is 0 Å². The number of carbonyl (C=O) groups is 2. The molecule has 2 rings (SSSR count). The SMILES string of the molecule is CC(C)NCCCC(=O)N1CCN2C(=O)CCC2C1. The third kappa shape index (κ3) is 3.69. The minimum absolute atomic E-state index is 0.240. The summed E-state index contributed by atoms with van der Waals surface area (Å²) in [5, 5.41) is 3.32. The van der Waals surface area contributed by atoms with Crippen molar-refractivity contribution in [3.63, 3.8) is 0 Å². The molecule has 0 saturated carbocycles. The Morgan fingerprint density at radius 3 is 2.95 bits per heavy atom. The summed E-state index contributed by atoms with van der Waals surface area (Å²) in [6.45, 7) is 7.28. The van der Waals surface area contributed by atoms with Crippen LogP contribution in [-0.4, -0.2) is 59.9 Å². The molecule has 2 aliphatic heterocycles. The van der Waals surface area contributed by atoms with Crippen molar-refractivity contribution in [2.24, 2.45) is 0 Å². The van der Waals surface area contributed by atoms with Crippen molar-refractivity contribution in [3.05, 3.63) is 0 Å². The highest BCUT2D eigenvalue weighted by Crippen LogP contribution is 2.23. The number of nitrogens with one attached hydrogen (secondary N) is 1. The van der Waals surface area contributed by atoms with Gasteiger partial charge in [-0.15, -0.1) is 0 Å². The molecule has 1 unspecified atom stereocenters. The van der Waals surface area contributed by atoms with Gasteiger partial charge in [0, 0.05) is 44.6 Å². The van der Waals surface area contributed by atoms with Crippen LogP contribution in [0.1, 0.15) is 39.5 Å². The van der Waals surface area contributed by atoms with Crippen molar-refractivity contribution < 1.29 is 9.59 Å². The highest BCUT2D eigenvalue weighted by Gasteiger charge is 2.36. The lowest BCUT2D eigenvalue weighted by molar-refractivity contribution is -0.139. The van der Waals surface area contributed by atoms with Crippen LogP contribution in [0.25, 0.3) is 0 Å². The first-order chi connectivity index (χ1) is 9.08. The van der Waals surface area contributed by atoms with Crippen LogP contribution in [0.3, 0.4) is 0 Å². The Hall–Kier alpha value is -1.10. The van der Waals surface area contributed by atoms with Gasteiger partial charge < -0.3 is 15.1 Å². The Labute approximate surface area is 115 Å². The molecule has 19 heavy (non-hydrogen) atoms. The van der Waals surface area contributed by atoms with E-state index in [0.29, 0.717) is 25.4 Å². The maximum atomic E-state index is 12.1. The van der Waals surface area contributed by atoms with Gasteiger partial charge in [-0.3, -0.25) is 9.59 Å². The van der Waals surface area contributed by atoms with Gasteiger partial charge in [-0.25, -0.2) is 0 Å². The Morgan fingerprint density at radius 2 is 2.21 bits per heavy atom. The Bertz CT molecular complexity index is 344. The van der Waals surface area contributed by atoms with Crippen molar-refractivity contribution in [1.29, 1.82) is 0 Å². The zero-order valence-corrected chi connectivity index (χ0v) is 12.0. The van der Waals surface area contributed by atoms with Crippen LogP contribution in [0.4, 0.5) is 0 Å². The first-order valence-corrected chi connectivity index (χ1v) is 7.38. The molecule has 0 bridgehead atoms. The lowest BCUT2D eigenvalue weighted by atomic mass is 10.1. The molecule has 2 saturated heterocycles. The van der Waals surface area contributed by atoms with E-state index in [0.717, 1.165) is 32.5 Å². The highest BCUT2D eigenvalue weighted by molar-refractivity contribution is 5.80. The standard InChI is InChI=1S/C14H25N3O2/c1-11(2)15-7-3-4-13(18)16-8-9-17-12(10-16)5-6-14(17)19/h11-12,15H,3-10H2,1-2H3. The van der Waals surface area contributed by atoms with E-state index in [1.165, 1.54) is 0 Å². The number of nitrogens with zero attached hydrogens (tertiary/aromatic N) is 2. The first-order valence-electron chi connectivity index (χ1n) is 7.38. The summed E-state index contributed by atoms with van der Waals surface area (Å²) >= 11 is 0. The molecule has 2 fully saturated rings. The van der Waals surface area contributed by atoms with Gasteiger partial charge in [-0.05, 0) is 19.4 Å². The number of amides is 2. The number of hydrogen-bond donors (Lipinski definition) is 1. The average Bonchev–Trinajstić information content (AvgIpc) is 2.75. The molecule has 1 N–H and O–H groups in total. The van der Waals surface area contributed by atoms with E-state index in [1.54, 1.807) is 0 Å². The van der Waals surface area contributed by atoms with Crippen molar-refractivity contribution >= 4 is 11.8 Å². The van der Waals surface area contributed by atoms with E-state index in [2.05, 4.69) is 19.2 Å². The maximum absolute atomic E-state index is 12.1. The third-order valence-corrected chi connectivity index (χ3v) is 3.97. The minimum atomic E-state index is 0.240. The summed E-state index contributed by atoms with van der Waals surface area (Å²) in [6.07, 6.45) is 3.07. The van der Waals surface area contributed by atoms with E-state index >= 15 is 0 Å². The molecule has 1 atom stereocenters. The fraction of sp³-hybridized carbons (Fsp3) is 0.857. The van der Waals surface area contributed by atoms with Crippen LogP contribution < -0.4 is 5.32 Å². The summed E-state index contributed by atoms with van der Waals surface area (Å²) < 4.78 is 0. The number of rotatable bonds is 5. The minimum Gasteiger partial charge on any atom is -0.339 e. The molecule has 5 nitrogen and oxygen atoms in total. The van der Waals surface area contributed by atoms with Gasteiger partial charge in [0.15, 0.2) is 0 Å². The van der Waals surface area contributed by atoms with Crippen LogP contribution in [0, 0.1) is 0 Å². The maximum Gasteiger partial charge on any atom is 0.223 e. The van der Waals surface area contributed by atoms with Gasteiger partial charge in [0.2, 0.25) is 11.8 Å². The van der Waals surface area contributed by atoms with E-state index in [1.807, 2.05) is 9.80 Å². The molecular formula is C14H25N3O2. The first kappa shape index (κ1) is 14.3. The lowest BCUT2D eigenvalue weighted by Crippen LogP contribution is -2.53. The molecule has 2 heterocycles. The average molecular weight is 267 g/mol. The van der Waals surface area contributed by atoms with Gasteiger partial charge in [0.1, 0.15) is 0 Å². The molecule has 0 radical (unpaired) electrons. The fourth-order valence-electron chi connectivity index (χ4n) is 2.88. The monoisotopic (exact) mass is 267 g/mol. The van der Waals surface area contributed by atoms with E-state index < -0.39 is 0 Å². The van der Waals surface area contributed by atoms with E-state index in [-0.39, 0.29) is 17.9 Å². The second kappa shape index (κ2) is 6.37. The molecule has 0 aliphatic carbocycles. The van der Waals surface area contributed by atoms with Gasteiger partial charge in [0.25, 0.3) is 0 Å². The number of fused-ring (bicyclic) bond motifs is 1. The smallest absolute Gasteiger partial charge is 0.223 e. The van der Waals surface area contributed by atoms with Gasteiger partial charge in [0.05, 0.1) is 0 Å². The van der Waals surface area contributed by atoms with Crippen LogP contribution in [0.2, 0.25) is 0 Å². The third-order valence-electron chi connectivity index (χ3n) is 3.97. The zero-order chi connectivity index (χ0) is 13.8. The molecule has 2 amide bonds. The van der Waals surface area contributed by atoms with Crippen LogP contribution in [-0.2, 0) is 9.59 Å². The molecule has 0 aromatic carbocycles. The molecule has 0 aromatic heterocycles. The molecule has 5 heteroatoms.